The molecule has 3 nitrogen and oxygen atoms in total. The van der Waals surface area contributed by atoms with Crippen molar-refractivity contribution >= 4 is 5.78 Å². The highest BCUT2D eigenvalue weighted by molar-refractivity contribution is 5.97. The van der Waals surface area contributed by atoms with Crippen LogP contribution < -0.4 is 4.74 Å². The van der Waals surface area contributed by atoms with Crippen molar-refractivity contribution in [2.45, 2.75) is 32.9 Å². The van der Waals surface area contributed by atoms with Gasteiger partial charge in [0, 0.05) is 30.3 Å². The Bertz CT molecular complexity index is 602. The number of hydrogen-bond donors (Lipinski definition) is 0. The highest BCUT2D eigenvalue weighted by Gasteiger charge is 2.22. The SMILES string of the molecule is CC(C)C(=O)c1ccn(CC2Cc3ccccc3O2)c1. The third-order valence-corrected chi connectivity index (χ3v) is 3.69. The summed E-state index contributed by atoms with van der Waals surface area (Å²) in [5.74, 6) is 1.22. The number of aromatic nitrogens is 1. The number of hydrogen-bond acceptors (Lipinski definition) is 2. The summed E-state index contributed by atoms with van der Waals surface area (Å²) in [6.07, 6.45) is 4.97. The van der Waals surface area contributed by atoms with E-state index in [4.69, 9.17) is 4.74 Å². The second-order valence-electron chi connectivity index (χ2n) is 5.67. The van der Waals surface area contributed by atoms with E-state index in [9.17, 15) is 4.79 Å². The first-order chi connectivity index (χ1) is 9.63. The lowest BCUT2D eigenvalue weighted by Gasteiger charge is -2.11. The van der Waals surface area contributed by atoms with Gasteiger partial charge in [-0.2, -0.15) is 0 Å². The molecule has 0 radical (unpaired) electrons. The van der Waals surface area contributed by atoms with Gasteiger partial charge in [0.05, 0.1) is 6.54 Å². The Labute approximate surface area is 119 Å². The summed E-state index contributed by atoms with van der Waals surface area (Å²) in [6.45, 7) is 4.63. The molecule has 2 aromatic rings. The molecule has 0 spiro atoms. The number of nitrogens with zero attached hydrogens (tertiary/aromatic N) is 1. The molecular weight excluding hydrogens is 250 g/mol. The topological polar surface area (TPSA) is 31.2 Å². The highest BCUT2D eigenvalue weighted by atomic mass is 16.5. The lowest BCUT2D eigenvalue weighted by Crippen LogP contribution is -2.20. The summed E-state index contributed by atoms with van der Waals surface area (Å²) < 4.78 is 7.97. The number of Topliss-reactive ketones (excluding diaryl/α,β-unsaturated/α-hetero) is 1. The van der Waals surface area contributed by atoms with Crippen molar-refractivity contribution in [3.8, 4) is 5.75 Å². The van der Waals surface area contributed by atoms with Crippen LogP contribution in [0.15, 0.2) is 42.7 Å². The Balaban J connectivity index is 1.67. The minimum atomic E-state index is 0.0397. The highest BCUT2D eigenvalue weighted by Crippen LogP contribution is 2.28. The molecule has 1 atom stereocenters. The van der Waals surface area contributed by atoms with E-state index >= 15 is 0 Å². The average Bonchev–Trinajstić information content (AvgIpc) is 3.03. The van der Waals surface area contributed by atoms with Crippen molar-refractivity contribution in [1.82, 2.24) is 4.57 Å². The van der Waals surface area contributed by atoms with Gasteiger partial charge in [-0.3, -0.25) is 4.79 Å². The van der Waals surface area contributed by atoms with Crippen molar-refractivity contribution in [3.63, 3.8) is 0 Å². The molecule has 1 aliphatic heterocycles. The van der Waals surface area contributed by atoms with E-state index < -0.39 is 0 Å². The van der Waals surface area contributed by atoms with Crippen LogP contribution in [0.4, 0.5) is 0 Å². The van der Waals surface area contributed by atoms with Gasteiger partial charge in [0.15, 0.2) is 5.78 Å². The Kier molecular flexibility index (Phi) is 3.35. The molecule has 0 aliphatic carbocycles. The molecule has 1 aromatic carbocycles. The molecule has 104 valence electrons. The largest absolute Gasteiger partial charge is 0.488 e. The number of ether oxygens (including phenoxy) is 1. The Morgan fingerprint density at radius 3 is 2.90 bits per heavy atom. The Hall–Kier alpha value is -2.03. The third-order valence-electron chi connectivity index (χ3n) is 3.69. The molecule has 3 heteroatoms. The Morgan fingerprint density at radius 1 is 1.35 bits per heavy atom. The molecule has 1 unspecified atom stereocenters. The second-order valence-corrected chi connectivity index (χ2v) is 5.67. The number of benzene rings is 1. The molecule has 20 heavy (non-hydrogen) atoms. The third kappa shape index (κ3) is 2.48. The van der Waals surface area contributed by atoms with Gasteiger partial charge in [0.1, 0.15) is 11.9 Å². The lowest BCUT2D eigenvalue weighted by atomic mass is 10.0. The average molecular weight is 269 g/mol. The van der Waals surface area contributed by atoms with E-state index in [1.807, 2.05) is 55.1 Å². The summed E-state index contributed by atoms with van der Waals surface area (Å²) in [4.78, 5) is 11.9. The van der Waals surface area contributed by atoms with Gasteiger partial charge in [0.25, 0.3) is 0 Å². The summed E-state index contributed by atoms with van der Waals surface area (Å²) in [5, 5.41) is 0. The molecular formula is C17H19NO2. The summed E-state index contributed by atoms with van der Waals surface area (Å²) >= 11 is 0. The van der Waals surface area contributed by atoms with Crippen LogP contribution in [0.5, 0.6) is 5.75 Å². The molecule has 0 bridgehead atoms. The number of carbonyl (C=O) groups is 1. The fraction of sp³-hybridized carbons (Fsp3) is 0.353. The van der Waals surface area contributed by atoms with Gasteiger partial charge in [-0.15, -0.1) is 0 Å². The van der Waals surface area contributed by atoms with E-state index in [2.05, 4.69) is 6.07 Å². The number of carbonyl (C=O) groups excluding carboxylic acids is 1. The van der Waals surface area contributed by atoms with Crippen molar-refractivity contribution in [3.05, 3.63) is 53.9 Å². The lowest BCUT2D eigenvalue weighted by molar-refractivity contribution is 0.0939. The molecule has 1 aromatic heterocycles. The fourth-order valence-electron chi connectivity index (χ4n) is 2.62. The number of ketones is 1. The van der Waals surface area contributed by atoms with Crippen molar-refractivity contribution in [2.75, 3.05) is 0 Å². The zero-order valence-electron chi connectivity index (χ0n) is 11.9. The van der Waals surface area contributed by atoms with E-state index in [-0.39, 0.29) is 17.8 Å². The molecule has 2 heterocycles. The quantitative estimate of drug-likeness (QED) is 0.797. The van der Waals surface area contributed by atoms with Crippen molar-refractivity contribution in [1.29, 1.82) is 0 Å². The zero-order valence-corrected chi connectivity index (χ0v) is 11.9. The van der Waals surface area contributed by atoms with Gasteiger partial charge in [-0.05, 0) is 17.7 Å². The minimum absolute atomic E-state index is 0.0397. The Morgan fingerprint density at radius 2 is 2.15 bits per heavy atom. The first kappa shape index (κ1) is 13.0. The van der Waals surface area contributed by atoms with Crippen molar-refractivity contribution in [2.24, 2.45) is 5.92 Å². The molecule has 0 saturated heterocycles. The molecule has 0 N–H and O–H groups in total. The van der Waals surface area contributed by atoms with Crippen LogP contribution in [-0.4, -0.2) is 16.5 Å². The molecule has 0 amide bonds. The van der Waals surface area contributed by atoms with Crippen LogP contribution in [-0.2, 0) is 13.0 Å². The predicted octanol–water partition coefficient (Wildman–Crippen LogP) is 3.33. The normalized spacial score (nSPS) is 17.1. The summed E-state index contributed by atoms with van der Waals surface area (Å²) in [7, 11) is 0. The van der Waals surface area contributed by atoms with Gasteiger partial charge in [0.2, 0.25) is 0 Å². The summed E-state index contributed by atoms with van der Waals surface area (Å²) in [5.41, 5.74) is 2.05. The van der Waals surface area contributed by atoms with Crippen LogP contribution in [0.3, 0.4) is 0 Å². The van der Waals surface area contributed by atoms with E-state index in [0.29, 0.717) is 0 Å². The van der Waals surface area contributed by atoms with Crippen LogP contribution in [0.25, 0.3) is 0 Å². The second kappa shape index (κ2) is 5.16. The monoisotopic (exact) mass is 269 g/mol. The van der Waals surface area contributed by atoms with Gasteiger partial charge >= 0.3 is 0 Å². The first-order valence-electron chi connectivity index (χ1n) is 7.08. The standard InChI is InChI=1S/C17H19NO2/c1-12(2)17(19)14-7-8-18(10-14)11-15-9-13-5-3-4-6-16(13)20-15/h3-8,10,12,15H,9,11H2,1-2H3. The van der Waals surface area contributed by atoms with E-state index in [1.165, 1.54) is 5.56 Å². The van der Waals surface area contributed by atoms with E-state index in [1.54, 1.807) is 0 Å². The van der Waals surface area contributed by atoms with Crippen molar-refractivity contribution < 1.29 is 9.53 Å². The number of fused-ring (bicyclic) bond motifs is 1. The van der Waals surface area contributed by atoms with E-state index in [0.717, 1.165) is 24.3 Å². The number of para-hydroxylation sites is 1. The van der Waals surface area contributed by atoms with Gasteiger partial charge in [-0.1, -0.05) is 32.0 Å². The summed E-state index contributed by atoms with van der Waals surface area (Å²) in [6, 6.07) is 10.1. The molecule has 0 fully saturated rings. The van der Waals surface area contributed by atoms with Crippen LogP contribution in [0.1, 0.15) is 29.8 Å². The predicted molar refractivity (Wildman–Crippen MR) is 78.2 cm³/mol. The minimum Gasteiger partial charge on any atom is -0.488 e. The maximum absolute atomic E-state index is 11.9. The maximum atomic E-state index is 11.9. The fourth-order valence-corrected chi connectivity index (χ4v) is 2.62. The molecule has 3 rings (SSSR count). The van der Waals surface area contributed by atoms with Gasteiger partial charge < -0.3 is 9.30 Å². The van der Waals surface area contributed by atoms with Crippen LogP contribution in [0.2, 0.25) is 0 Å². The van der Waals surface area contributed by atoms with Gasteiger partial charge in [-0.25, -0.2) is 0 Å². The first-order valence-corrected chi connectivity index (χ1v) is 7.08. The smallest absolute Gasteiger partial charge is 0.166 e. The number of rotatable bonds is 4. The van der Waals surface area contributed by atoms with Crippen LogP contribution in [0, 0.1) is 5.92 Å². The molecule has 1 aliphatic rings. The zero-order chi connectivity index (χ0) is 14.1. The van der Waals surface area contributed by atoms with Crippen LogP contribution >= 0.6 is 0 Å². The maximum Gasteiger partial charge on any atom is 0.166 e. The molecule has 0 saturated carbocycles.